The molecule has 0 unspecified atom stereocenters. The fourth-order valence-electron chi connectivity index (χ4n) is 3.44. The maximum absolute atomic E-state index is 13.1. The molecule has 11 heteroatoms. The summed E-state index contributed by atoms with van der Waals surface area (Å²) in [6.45, 7) is 0.364. The average Bonchev–Trinajstić information content (AvgIpc) is 3.37. The molecule has 2 heterocycles. The van der Waals surface area contributed by atoms with Crippen LogP contribution in [0.4, 0.5) is 0 Å². The van der Waals surface area contributed by atoms with E-state index in [4.69, 9.17) is 11.6 Å². The Morgan fingerprint density at radius 3 is 2.58 bits per heavy atom. The van der Waals surface area contributed by atoms with Gasteiger partial charge in [-0.05, 0) is 46.7 Å². The number of thioether (sulfide) groups is 1. The third kappa shape index (κ3) is 5.44. The van der Waals surface area contributed by atoms with Gasteiger partial charge in [-0.3, -0.25) is 4.79 Å². The normalized spacial score (nSPS) is 17.5. The number of nitrogens with zero attached hydrogens (tertiary/aromatic N) is 5. The van der Waals surface area contributed by atoms with E-state index in [0.29, 0.717) is 23.1 Å². The Labute approximate surface area is 189 Å². The van der Waals surface area contributed by atoms with Gasteiger partial charge in [-0.25, -0.2) is 8.42 Å². The number of hydrogen-bond donors (Lipinski definition) is 0. The Morgan fingerprint density at radius 1 is 1.16 bits per heavy atom. The molecule has 0 spiro atoms. The Kier molecular flexibility index (Phi) is 6.59. The molecule has 1 aromatic heterocycles. The summed E-state index contributed by atoms with van der Waals surface area (Å²) >= 11 is 7.15. The summed E-state index contributed by atoms with van der Waals surface area (Å²) < 4.78 is 25.6. The summed E-state index contributed by atoms with van der Waals surface area (Å²) in [6.07, 6.45) is 0.452. The highest BCUT2D eigenvalue weighted by Gasteiger charge is 2.34. The summed E-state index contributed by atoms with van der Waals surface area (Å²) in [5.74, 6) is 0.0514. The highest BCUT2D eigenvalue weighted by Crippen LogP contribution is 2.24. The van der Waals surface area contributed by atoms with Crippen molar-refractivity contribution in [2.24, 2.45) is 0 Å². The second kappa shape index (κ2) is 9.37. The van der Waals surface area contributed by atoms with Crippen LogP contribution in [-0.2, 0) is 21.2 Å². The lowest BCUT2D eigenvalue weighted by Gasteiger charge is -2.28. The highest BCUT2D eigenvalue weighted by molar-refractivity contribution is 7.99. The van der Waals surface area contributed by atoms with Gasteiger partial charge in [-0.1, -0.05) is 53.7 Å². The summed E-state index contributed by atoms with van der Waals surface area (Å²) in [4.78, 5) is 14.8. The van der Waals surface area contributed by atoms with Crippen LogP contribution in [0.1, 0.15) is 12.0 Å². The van der Waals surface area contributed by atoms with Crippen molar-refractivity contribution in [3.05, 3.63) is 65.2 Å². The lowest BCUT2D eigenvalue weighted by molar-refractivity contribution is -0.130. The predicted molar refractivity (Wildman–Crippen MR) is 119 cm³/mol. The number of aromatic nitrogens is 4. The summed E-state index contributed by atoms with van der Waals surface area (Å²) in [7, 11) is -3.12. The Balaban J connectivity index is 1.49. The first-order chi connectivity index (χ1) is 14.9. The van der Waals surface area contributed by atoms with Crippen molar-refractivity contribution >= 4 is 39.1 Å². The van der Waals surface area contributed by atoms with Crippen LogP contribution in [-0.4, -0.2) is 62.7 Å². The van der Waals surface area contributed by atoms with Crippen LogP contribution < -0.4 is 0 Å². The second-order valence-corrected chi connectivity index (χ2v) is 10.8. The minimum Gasteiger partial charge on any atom is -0.334 e. The van der Waals surface area contributed by atoms with Gasteiger partial charge in [-0.2, -0.15) is 4.68 Å². The SMILES string of the molecule is O=C(CSc1nnnn1-c1ccc(Cl)cc1)N(Cc1ccccc1)[C@H]1CCS(=O)(=O)C1. The molecule has 1 fully saturated rings. The summed E-state index contributed by atoms with van der Waals surface area (Å²) in [5, 5.41) is 12.8. The Hall–Kier alpha value is -2.43. The molecule has 0 aliphatic carbocycles. The van der Waals surface area contributed by atoms with Crippen molar-refractivity contribution in [1.29, 1.82) is 0 Å². The topological polar surface area (TPSA) is 98.1 Å². The molecule has 1 aliphatic heterocycles. The van der Waals surface area contributed by atoms with Crippen molar-refractivity contribution in [3.8, 4) is 5.69 Å². The van der Waals surface area contributed by atoms with Gasteiger partial charge in [0.05, 0.1) is 22.9 Å². The van der Waals surface area contributed by atoms with E-state index in [0.717, 1.165) is 11.3 Å². The molecule has 0 radical (unpaired) electrons. The predicted octanol–water partition coefficient (Wildman–Crippen LogP) is 2.62. The van der Waals surface area contributed by atoms with Crippen LogP contribution in [0.3, 0.4) is 0 Å². The zero-order valence-corrected chi connectivity index (χ0v) is 18.9. The molecule has 1 saturated heterocycles. The molecule has 1 aliphatic rings. The minimum atomic E-state index is -3.12. The number of carbonyl (C=O) groups is 1. The number of rotatable bonds is 7. The number of sulfone groups is 1. The van der Waals surface area contributed by atoms with Gasteiger partial charge in [0.25, 0.3) is 0 Å². The van der Waals surface area contributed by atoms with Gasteiger partial charge in [0.2, 0.25) is 11.1 Å². The third-order valence-electron chi connectivity index (χ3n) is 5.00. The van der Waals surface area contributed by atoms with Crippen LogP contribution >= 0.6 is 23.4 Å². The fourth-order valence-corrected chi connectivity index (χ4v) is 6.08. The largest absolute Gasteiger partial charge is 0.334 e. The molecular formula is C20H20ClN5O3S2. The number of tetrazole rings is 1. The highest BCUT2D eigenvalue weighted by atomic mass is 35.5. The zero-order valence-electron chi connectivity index (χ0n) is 16.5. The van der Waals surface area contributed by atoms with E-state index in [2.05, 4.69) is 15.5 Å². The van der Waals surface area contributed by atoms with E-state index in [1.165, 1.54) is 16.4 Å². The van der Waals surface area contributed by atoms with Gasteiger partial charge >= 0.3 is 0 Å². The van der Waals surface area contributed by atoms with Gasteiger partial charge in [0, 0.05) is 17.6 Å². The first-order valence-corrected chi connectivity index (χ1v) is 12.8. The van der Waals surface area contributed by atoms with Gasteiger partial charge < -0.3 is 4.90 Å². The quantitative estimate of drug-likeness (QED) is 0.482. The zero-order chi connectivity index (χ0) is 21.8. The van der Waals surface area contributed by atoms with Crippen molar-refractivity contribution in [2.45, 2.75) is 24.2 Å². The van der Waals surface area contributed by atoms with Crippen molar-refractivity contribution < 1.29 is 13.2 Å². The molecule has 0 saturated carbocycles. The van der Waals surface area contributed by atoms with Crippen molar-refractivity contribution in [1.82, 2.24) is 25.1 Å². The minimum absolute atomic E-state index is 0.00124. The third-order valence-corrected chi connectivity index (χ3v) is 7.91. The first kappa shape index (κ1) is 21.8. The lowest BCUT2D eigenvalue weighted by Crippen LogP contribution is -2.41. The number of hydrogen-bond acceptors (Lipinski definition) is 7. The maximum Gasteiger partial charge on any atom is 0.233 e. The number of amides is 1. The van der Waals surface area contributed by atoms with E-state index < -0.39 is 9.84 Å². The molecule has 4 rings (SSSR count). The monoisotopic (exact) mass is 477 g/mol. The molecule has 31 heavy (non-hydrogen) atoms. The number of benzene rings is 2. The van der Waals surface area contributed by atoms with Crippen molar-refractivity contribution in [2.75, 3.05) is 17.3 Å². The Morgan fingerprint density at radius 2 is 1.90 bits per heavy atom. The van der Waals surface area contributed by atoms with E-state index in [1.807, 2.05) is 30.3 Å². The standard InChI is InChI=1S/C20H20ClN5O3S2/c21-16-6-8-17(9-7-16)26-20(22-23-24-26)30-13-19(27)25(12-15-4-2-1-3-5-15)18-10-11-31(28,29)14-18/h1-9,18H,10-14H2/t18-/m0/s1. The van der Waals surface area contributed by atoms with Crippen LogP contribution in [0.2, 0.25) is 5.02 Å². The van der Waals surface area contributed by atoms with Gasteiger partial charge in [0.15, 0.2) is 9.84 Å². The van der Waals surface area contributed by atoms with Crippen LogP contribution in [0, 0.1) is 0 Å². The fraction of sp³-hybridized carbons (Fsp3) is 0.300. The van der Waals surface area contributed by atoms with E-state index in [9.17, 15) is 13.2 Å². The number of carbonyl (C=O) groups excluding carboxylic acids is 1. The number of halogens is 1. The van der Waals surface area contributed by atoms with E-state index >= 15 is 0 Å². The molecule has 3 aromatic rings. The van der Waals surface area contributed by atoms with E-state index in [-0.39, 0.29) is 29.2 Å². The molecule has 1 atom stereocenters. The molecule has 0 N–H and O–H groups in total. The Bertz CT molecular complexity index is 1150. The molecule has 2 aromatic carbocycles. The maximum atomic E-state index is 13.1. The van der Waals surface area contributed by atoms with Gasteiger partial charge in [0.1, 0.15) is 0 Å². The molecule has 162 valence electrons. The van der Waals surface area contributed by atoms with Crippen LogP contribution in [0.25, 0.3) is 5.69 Å². The molecule has 1 amide bonds. The van der Waals surface area contributed by atoms with Crippen LogP contribution in [0.15, 0.2) is 59.8 Å². The molecular weight excluding hydrogens is 458 g/mol. The average molecular weight is 478 g/mol. The second-order valence-electron chi connectivity index (χ2n) is 7.20. The summed E-state index contributed by atoms with van der Waals surface area (Å²) in [5.41, 5.74) is 1.68. The van der Waals surface area contributed by atoms with E-state index in [1.54, 1.807) is 29.2 Å². The summed E-state index contributed by atoms with van der Waals surface area (Å²) in [6, 6.07) is 16.3. The smallest absolute Gasteiger partial charge is 0.233 e. The van der Waals surface area contributed by atoms with Crippen molar-refractivity contribution in [3.63, 3.8) is 0 Å². The lowest BCUT2D eigenvalue weighted by atomic mass is 10.1. The van der Waals surface area contributed by atoms with Crippen LogP contribution in [0.5, 0.6) is 0 Å². The molecule has 0 bridgehead atoms. The first-order valence-electron chi connectivity index (χ1n) is 9.62. The molecule has 8 nitrogen and oxygen atoms in total. The van der Waals surface area contributed by atoms with Gasteiger partial charge in [-0.15, -0.1) is 5.10 Å².